The Kier molecular flexibility index (Phi) is 2.22. The van der Waals surface area contributed by atoms with Crippen LogP contribution in [0, 0.1) is 0 Å². The summed E-state index contributed by atoms with van der Waals surface area (Å²) in [6.45, 7) is 1.84. The van der Waals surface area contributed by atoms with Gasteiger partial charge >= 0.3 is 0 Å². The molecular formula is C6H10O3. The van der Waals surface area contributed by atoms with Crippen LogP contribution in [0.4, 0.5) is 0 Å². The number of hydrogen-bond acceptors (Lipinski definition) is 3. The van der Waals surface area contributed by atoms with E-state index in [0.29, 0.717) is 0 Å². The van der Waals surface area contributed by atoms with Crippen molar-refractivity contribution in [1.82, 2.24) is 0 Å². The van der Waals surface area contributed by atoms with Gasteiger partial charge in [0.1, 0.15) is 12.2 Å². The van der Waals surface area contributed by atoms with Gasteiger partial charge in [-0.3, -0.25) is 0 Å². The van der Waals surface area contributed by atoms with Crippen molar-refractivity contribution in [3.05, 3.63) is 12.2 Å². The van der Waals surface area contributed by atoms with E-state index >= 15 is 0 Å². The van der Waals surface area contributed by atoms with E-state index in [2.05, 4.69) is 0 Å². The number of aliphatic hydroxyl groups excluding tert-OH is 1. The molecule has 52 valence electrons. The second kappa shape index (κ2) is 2.96. The largest absolute Gasteiger partial charge is 0.393 e. The lowest BCUT2D eigenvalue weighted by atomic mass is 10.3. The van der Waals surface area contributed by atoms with E-state index in [0.717, 1.165) is 0 Å². The summed E-state index contributed by atoms with van der Waals surface area (Å²) < 4.78 is 0. The summed E-state index contributed by atoms with van der Waals surface area (Å²) in [6.07, 6.45) is 3.37. The third kappa shape index (κ3) is 1.78. The van der Waals surface area contributed by atoms with E-state index in [1.165, 1.54) is 0 Å². The summed E-state index contributed by atoms with van der Waals surface area (Å²) in [6, 6.07) is 0. The van der Waals surface area contributed by atoms with Crippen LogP contribution in [0.25, 0.3) is 0 Å². The molecule has 1 unspecified atom stereocenters. The van der Waals surface area contributed by atoms with Gasteiger partial charge in [0.05, 0.1) is 6.61 Å². The van der Waals surface area contributed by atoms with Crippen LogP contribution < -0.4 is 0 Å². The zero-order valence-electron chi connectivity index (χ0n) is 5.28. The van der Waals surface area contributed by atoms with E-state index < -0.39 is 0 Å². The molecule has 3 nitrogen and oxygen atoms in total. The molecule has 1 aliphatic rings. The Hall–Kier alpha value is -0.380. The summed E-state index contributed by atoms with van der Waals surface area (Å²) >= 11 is 0. The zero-order chi connectivity index (χ0) is 6.69. The maximum atomic E-state index is 8.52. The van der Waals surface area contributed by atoms with Crippen molar-refractivity contribution in [1.29, 1.82) is 0 Å². The first-order valence-electron chi connectivity index (χ1n) is 2.94. The Morgan fingerprint density at radius 2 is 2.22 bits per heavy atom. The van der Waals surface area contributed by atoms with Crippen LogP contribution in [0.1, 0.15) is 6.92 Å². The van der Waals surface area contributed by atoms with Gasteiger partial charge < -0.3 is 5.11 Å². The Morgan fingerprint density at radius 1 is 1.44 bits per heavy atom. The lowest BCUT2D eigenvalue weighted by molar-refractivity contribution is -0.339. The van der Waals surface area contributed by atoms with Gasteiger partial charge in [0.25, 0.3) is 0 Å². The van der Waals surface area contributed by atoms with Gasteiger partial charge in [-0.05, 0) is 6.92 Å². The van der Waals surface area contributed by atoms with Gasteiger partial charge in [-0.2, -0.15) is 0 Å². The summed E-state index contributed by atoms with van der Waals surface area (Å²) in [5, 5.41) is 8.52. The van der Waals surface area contributed by atoms with Crippen LogP contribution in [0.2, 0.25) is 0 Å². The van der Waals surface area contributed by atoms with Gasteiger partial charge in [-0.1, -0.05) is 12.2 Å². The first-order valence-corrected chi connectivity index (χ1v) is 2.94. The van der Waals surface area contributed by atoms with Crippen LogP contribution >= 0.6 is 0 Å². The topological polar surface area (TPSA) is 38.7 Å². The van der Waals surface area contributed by atoms with E-state index in [-0.39, 0.29) is 18.8 Å². The average molecular weight is 130 g/mol. The maximum Gasteiger partial charge on any atom is 0.134 e. The molecule has 1 heterocycles. The molecule has 0 radical (unpaired) electrons. The van der Waals surface area contributed by atoms with E-state index in [1.54, 1.807) is 6.08 Å². The van der Waals surface area contributed by atoms with Crippen molar-refractivity contribution in [3.63, 3.8) is 0 Å². The zero-order valence-corrected chi connectivity index (χ0v) is 5.28. The fourth-order valence-electron chi connectivity index (χ4n) is 0.595. The second-order valence-electron chi connectivity index (χ2n) is 2.00. The quantitative estimate of drug-likeness (QED) is 0.408. The third-order valence-corrected chi connectivity index (χ3v) is 1.11. The molecule has 0 amide bonds. The first kappa shape index (κ1) is 6.74. The standard InChI is InChI=1S/C6H10O3/c1-5-2-3-6(4-7)9-8-5/h2-3,5-7H,4H2,1H3/t5-,6?/m1/s1. The Labute approximate surface area is 53.8 Å². The molecule has 0 aromatic carbocycles. The molecule has 0 saturated heterocycles. The molecule has 2 atom stereocenters. The normalized spacial score (nSPS) is 34.9. The minimum absolute atomic E-state index is 0.00722. The van der Waals surface area contributed by atoms with Crippen molar-refractivity contribution in [2.45, 2.75) is 19.1 Å². The monoisotopic (exact) mass is 130 g/mol. The molecule has 0 aromatic heterocycles. The maximum absolute atomic E-state index is 8.52. The van der Waals surface area contributed by atoms with Gasteiger partial charge in [-0.25, -0.2) is 9.78 Å². The van der Waals surface area contributed by atoms with Crippen molar-refractivity contribution in [2.24, 2.45) is 0 Å². The van der Waals surface area contributed by atoms with E-state index in [4.69, 9.17) is 14.9 Å². The fourth-order valence-corrected chi connectivity index (χ4v) is 0.595. The predicted molar refractivity (Wildman–Crippen MR) is 31.6 cm³/mol. The first-order chi connectivity index (χ1) is 4.33. The van der Waals surface area contributed by atoms with Crippen LogP contribution in [0.15, 0.2) is 12.2 Å². The van der Waals surface area contributed by atoms with Crippen LogP contribution in [0.3, 0.4) is 0 Å². The summed E-state index contributed by atoms with van der Waals surface area (Å²) in [5.74, 6) is 0. The smallest absolute Gasteiger partial charge is 0.134 e. The second-order valence-corrected chi connectivity index (χ2v) is 2.00. The Morgan fingerprint density at radius 3 is 2.67 bits per heavy atom. The Balaban J connectivity index is 2.38. The lowest BCUT2D eigenvalue weighted by Gasteiger charge is -2.17. The Bertz CT molecular complexity index is 111. The highest BCUT2D eigenvalue weighted by molar-refractivity contribution is 4.94. The highest BCUT2D eigenvalue weighted by atomic mass is 17.2. The highest BCUT2D eigenvalue weighted by Crippen LogP contribution is 2.06. The highest BCUT2D eigenvalue weighted by Gasteiger charge is 2.11. The molecule has 0 bridgehead atoms. The van der Waals surface area contributed by atoms with Gasteiger partial charge in [0.2, 0.25) is 0 Å². The van der Waals surface area contributed by atoms with Crippen LogP contribution in [0.5, 0.6) is 0 Å². The molecule has 0 aliphatic carbocycles. The molecule has 0 spiro atoms. The van der Waals surface area contributed by atoms with Gasteiger partial charge in [0.15, 0.2) is 0 Å². The van der Waals surface area contributed by atoms with Crippen LogP contribution in [-0.4, -0.2) is 23.9 Å². The van der Waals surface area contributed by atoms with Gasteiger partial charge in [0, 0.05) is 0 Å². The lowest BCUT2D eigenvalue weighted by Crippen LogP contribution is -2.23. The molecule has 1 N–H and O–H groups in total. The van der Waals surface area contributed by atoms with E-state index in [1.807, 2.05) is 13.0 Å². The minimum Gasteiger partial charge on any atom is -0.393 e. The molecule has 3 heteroatoms. The van der Waals surface area contributed by atoms with Crippen LogP contribution in [-0.2, 0) is 9.78 Å². The SMILES string of the molecule is C[C@@H]1C=CC(CO)OO1. The molecule has 9 heavy (non-hydrogen) atoms. The molecular weight excluding hydrogens is 120 g/mol. The summed E-state index contributed by atoms with van der Waals surface area (Å²) in [7, 11) is 0. The molecule has 0 saturated carbocycles. The van der Waals surface area contributed by atoms with Crippen molar-refractivity contribution in [2.75, 3.05) is 6.61 Å². The van der Waals surface area contributed by atoms with Crippen molar-refractivity contribution < 1.29 is 14.9 Å². The summed E-state index contributed by atoms with van der Waals surface area (Å²) in [5.41, 5.74) is 0. The molecule has 1 aliphatic heterocycles. The molecule has 0 fully saturated rings. The van der Waals surface area contributed by atoms with Gasteiger partial charge in [-0.15, -0.1) is 0 Å². The van der Waals surface area contributed by atoms with E-state index in [9.17, 15) is 0 Å². The average Bonchev–Trinajstić information content (AvgIpc) is 1.90. The van der Waals surface area contributed by atoms with Crippen molar-refractivity contribution >= 4 is 0 Å². The predicted octanol–water partition coefficient (Wildman–Crippen LogP) is 0.254. The number of rotatable bonds is 1. The number of hydrogen-bond donors (Lipinski definition) is 1. The molecule has 0 aromatic rings. The third-order valence-electron chi connectivity index (χ3n) is 1.11. The molecule has 1 rings (SSSR count). The fraction of sp³-hybridized carbons (Fsp3) is 0.667. The van der Waals surface area contributed by atoms with Crippen molar-refractivity contribution in [3.8, 4) is 0 Å². The minimum atomic E-state index is -0.277. The number of aliphatic hydroxyl groups is 1. The summed E-state index contributed by atoms with van der Waals surface area (Å²) in [4.78, 5) is 9.44.